The monoisotopic (exact) mass is 366 g/mol. The molecule has 0 aliphatic carbocycles. The third-order valence-electron chi connectivity index (χ3n) is 4.55. The van der Waals surface area contributed by atoms with Gasteiger partial charge in [-0.3, -0.25) is 9.59 Å². The second-order valence-corrected chi connectivity index (χ2v) is 6.58. The molecule has 0 saturated carbocycles. The van der Waals surface area contributed by atoms with Crippen molar-refractivity contribution in [3.63, 3.8) is 0 Å². The molecule has 2 aromatic rings. The smallest absolute Gasteiger partial charge is 0.321 e. The van der Waals surface area contributed by atoms with E-state index in [0.29, 0.717) is 30.8 Å². The Labute approximate surface area is 158 Å². The number of urea groups is 1. The summed E-state index contributed by atoms with van der Waals surface area (Å²) in [5.41, 5.74) is 1.29. The largest absolute Gasteiger partial charge is 0.426 e. The Morgan fingerprint density at radius 3 is 2.41 bits per heavy atom. The molecule has 1 fully saturated rings. The molecule has 0 spiro atoms. The zero-order chi connectivity index (χ0) is 19.2. The molecule has 0 radical (unpaired) electrons. The molecule has 1 atom stereocenters. The highest BCUT2D eigenvalue weighted by atomic mass is 16.5. The van der Waals surface area contributed by atoms with Gasteiger partial charge in [0.25, 0.3) is 0 Å². The van der Waals surface area contributed by atoms with E-state index in [4.69, 9.17) is 4.74 Å². The van der Waals surface area contributed by atoms with Crippen LogP contribution in [0.15, 0.2) is 54.6 Å². The van der Waals surface area contributed by atoms with E-state index in [2.05, 4.69) is 5.32 Å². The number of carbonyl (C=O) groups excluding carboxylic acids is 3. The number of nitrogens with zero attached hydrogens (tertiary/aromatic N) is 1. The number of rotatable bonds is 4. The number of hydrogen-bond acceptors (Lipinski definition) is 4. The summed E-state index contributed by atoms with van der Waals surface area (Å²) in [4.78, 5) is 37.8. The molecule has 140 valence electrons. The normalized spacial score (nSPS) is 16.5. The van der Waals surface area contributed by atoms with E-state index in [0.717, 1.165) is 12.1 Å². The number of anilines is 1. The minimum atomic E-state index is -0.368. The molecule has 1 heterocycles. The Morgan fingerprint density at radius 1 is 1.04 bits per heavy atom. The van der Waals surface area contributed by atoms with Crippen LogP contribution >= 0.6 is 0 Å². The molecule has 6 nitrogen and oxygen atoms in total. The minimum Gasteiger partial charge on any atom is -0.426 e. The van der Waals surface area contributed by atoms with Gasteiger partial charge >= 0.3 is 12.0 Å². The summed E-state index contributed by atoms with van der Waals surface area (Å²) in [5.74, 6) is -0.369. The van der Waals surface area contributed by atoms with Gasteiger partial charge in [-0.05, 0) is 56.2 Å². The summed E-state index contributed by atoms with van der Waals surface area (Å²) >= 11 is 0. The molecule has 27 heavy (non-hydrogen) atoms. The molecule has 1 N–H and O–H groups in total. The van der Waals surface area contributed by atoms with Crippen LogP contribution in [0.1, 0.15) is 30.1 Å². The molecule has 0 aromatic heterocycles. The topological polar surface area (TPSA) is 75.7 Å². The maximum absolute atomic E-state index is 12.5. The Hall–Kier alpha value is -3.15. The molecule has 0 bridgehead atoms. The van der Waals surface area contributed by atoms with E-state index >= 15 is 0 Å². The van der Waals surface area contributed by atoms with Gasteiger partial charge in [-0.15, -0.1) is 0 Å². The van der Waals surface area contributed by atoms with Gasteiger partial charge in [0.2, 0.25) is 0 Å². The van der Waals surface area contributed by atoms with Crippen molar-refractivity contribution in [1.29, 1.82) is 0 Å². The highest BCUT2D eigenvalue weighted by molar-refractivity contribution is 5.94. The standard InChI is InChI=1S/C21H22N2O4/c1-15(24)16-9-11-19(12-10-16)27-20(25)17-6-5-13-23(14-17)21(26)22-18-7-3-2-4-8-18/h2-4,7-12,17H,5-6,13-14H2,1H3,(H,22,26)/t17-/m0/s1. The predicted molar refractivity (Wildman–Crippen MR) is 102 cm³/mol. The van der Waals surface area contributed by atoms with Gasteiger partial charge in [-0.2, -0.15) is 0 Å². The van der Waals surface area contributed by atoms with Gasteiger partial charge < -0.3 is 15.0 Å². The quantitative estimate of drug-likeness (QED) is 0.508. The maximum atomic E-state index is 12.5. The number of amides is 2. The molecule has 3 rings (SSSR count). The third-order valence-corrected chi connectivity index (χ3v) is 4.55. The van der Waals surface area contributed by atoms with Gasteiger partial charge in [0.1, 0.15) is 5.75 Å². The van der Waals surface area contributed by atoms with Crippen LogP contribution in [0, 0.1) is 5.92 Å². The third kappa shape index (κ3) is 4.94. The highest BCUT2D eigenvalue weighted by Crippen LogP contribution is 2.21. The average molecular weight is 366 g/mol. The van der Waals surface area contributed by atoms with Crippen molar-refractivity contribution >= 4 is 23.5 Å². The van der Waals surface area contributed by atoms with Crippen LogP contribution in [-0.4, -0.2) is 35.8 Å². The van der Waals surface area contributed by atoms with Crippen molar-refractivity contribution in [2.75, 3.05) is 18.4 Å². The zero-order valence-corrected chi connectivity index (χ0v) is 15.2. The number of benzene rings is 2. The first-order chi connectivity index (χ1) is 13.0. The zero-order valence-electron chi connectivity index (χ0n) is 15.2. The van der Waals surface area contributed by atoms with Crippen molar-refractivity contribution in [3.05, 3.63) is 60.2 Å². The van der Waals surface area contributed by atoms with E-state index in [9.17, 15) is 14.4 Å². The predicted octanol–water partition coefficient (Wildman–Crippen LogP) is 3.74. The molecule has 0 unspecified atom stereocenters. The number of ether oxygens (including phenoxy) is 1. The summed E-state index contributed by atoms with van der Waals surface area (Å²) in [6, 6.07) is 15.5. The van der Waals surface area contributed by atoms with E-state index < -0.39 is 0 Å². The van der Waals surface area contributed by atoms with Crippen molar-refractivity contribution in [3.8, 4) is 5.75 Å². The second kappa shape index (κ2) is 8.49. The highest BCUT2D eigenvalue weighted by Gasteiger charge is 2.30. The number of ketones is 1. The first kappa shape index (κ1) is 18.6. The van der Waals surface area contributed by atoms with Crippen molar-refractivity contribution in [1.82, 2.24) is 4.90 Å². The van der Waals surface area contributed by atoms with Gasteiger partial charge in [0, 0.05) is 24.3 Å². The second-order valence-electron chi connectivity index (χ2n) is 6.58. The molecule has 1 aliphatic rings. The summed E-state index contributed by atoms with van der Waals surface area (Å²) in [7, 11) is 0. The fraction of sp³-hybridized carbons (Fsp3) is 0.286. The first-order valence-electron chi connectivity index (χ1n) is 8.96. The Bertz CT molecular complexity index is 818. The number of likely N-dealkylation sites (tertiary alicyclic amines) is 1. The molecular weight excluding hydrogens is 344 g/mol. The number of hydrogen-bond donors (Lipinski definition) is 1. The molecule has 1 saturated heterocycles. The lowest BCUT2D eigenvalue weighted by atomic mass is 9.98. The maximum Gasteiger partial charge on any atom is 0.321 e. The lowest BCUT2D eigenvalue weighted by Gasteiger charge is -2.31. The Morgan fingerprint density at radius 2 is 1.74 bits per heavy atom. The number of esters is 1. The lowest BCUT2D eigenvalue weighted by molar-refractivity contribution is -0.140. The van der Waals surface area contributed by atoms with Crippen molar-refractivity contribution in [2.24, 2.45) is 5.92 Å². The van der Waals surface area contributed by atoms with E-state index in [1.54, 1.807) is 29.2 Å². The van der Waals surface area contributed by atoms with Crippen LogP contribution in [0.3, 0.4) is 0 Å². The first-order valence-corrected chi connectivity index (χ1v) is 8.96. The molecular formula is C21H22N2O4. The fourth-order valence-electron chi connectivity index (χ4n) is 3.04. The van der Waals surface area contributed by atoms with Gasteiger partial charge in [0.05, 0.1) is 5.92 Å². The summed E-state index contributed by atoms with van der Waals surface area (Å²) < 4.78 is 5.43. The molecule has 6 heteroatoms. The molecule has 2 aromatic carbocycles. The average Bonchev–Trinajstić information content (AvgIpc) is 2.69. The number of carbonyl (C=O) groups is 3. The summed E-state index contributed by atoms with van der Waals surface area (Å²) in [6.07, 6.45) is 1.42. The van der Waals surface area contributed by atoms with Gasteiger partial charge in [-0.25, -0.2) is 4.79 Å². The van der Waals surface area contributed by atoms with Crippen LogP contribution in [0.25, 0.3) is 0 Å². The number of piperidine rings is 1. The van der Waals surface area contributed by atoms with E-state index in [1.165, 1.54) is 6.92 Å². The summed E-state index contributed by atoms with van der Waals surface area (Å²) in [5, 5.41) is 2.84. The van der Waals surface area contributed by atoms with Gasteiger partial charge in [0.15, 0.2) is 5.78 Å². The van der Waals surface area contributed by atoms with Gasteiger partial charge in [-0.1, -0.05) is 18.2 Å². The Kier molecular flexibility index (Phi) is 5.86. The summed E-state index contributed by atoms with van der Waals surface area (Å²) in [6.45, 7) is 2.41. The lowest BCUT2D eigenvalue weighted by Crippen LogP contribution is -2.45. The van der Waals surface area contributed by atoms with E-state index in [-0.39, 0.29) is 23.7 Å². The number of Topliss-reactive ketones (excluding diaryl/α,β-unsaturated/α-hetero) is 1. The van der Waals surface area contributed by atoms with Crippen LogP contribution < -0.4 is 10.1 Å². The van der Waals surface area contributed by atoms with Crippen LogP contribution in [-0.2, 0) is 4.79 Å². The number of nitrogens with one attached hydrogen (secondary N) is 1. The molecule has 1 aliphatic heterocycles. The van der Waals surface area contributed by atoms with Crippen LogP contribution in [0.2, 0.25) is 0 Å². The SMILES string of the molecule is CC(=O)c1ccc(OC(=O)[C@H]2CCCN(C(=O)Nc3ccccc3)C2)cc1. The molecule has 2 amide bonds. The van der Waals surface area contributed by atoms with Crippen LogP contribution in [0.4, 0.5) is 10.5 Å². The minimum absolute atomic E-state index is 0.0415. The van der Waals surface area contributed by atoms with E-state index in [1.807, 2.05) is 30.3 Å². The Balaban J connectivity index is 1.57. The van der Waals surface area contributed by atoms with Crippen LogP contribution in [0.5, 0.6) is 5.75 Å². The van der Waals surface area contributed by atoms with Crippen molar-refractivity contribution < 1.29 is 19.1 Å². The fourth-order valence-corrected chi connectivity index (χ4v) is 3.04. The number of para-hydroxylation sites is 1. The van der Waals surface area contributed by atoms with Crippen molar-refractivity contribution in [2.45, 2.75) is 19.8 Å².